The number of amides is 2. The molecule has 1 aliphatic heterocycles. The van der Waals surface area contributed by atoms with E-state index < -0.39 is 18.0 Å². The van der Waals surface area contributed by atoms with Crippen LogP contribution in [0.15, 0.2) is 28.9 Å². The van der Waals surface area contributed by atoms with Gasteiger partial charge in [0.2, 0.25) is 0 Å². The number of ether oxygens (including phenoxy) is 1. The maximum Gasteiger partial charge on any atom is 0.334 e. The zero-order valence-corrected chi connectivity index (χ0v) is 14.2. The molecule has 9 heteroatoms. The molecule has 0 bridgehead atoms. The quantitative estimate of drug-likeness (QED) is 0.857. The van der Waals surface area contributed by atoms with E-state index in [1.807, 2.05) is 0 Å². The topological polar surface area (TPSA) is 109 Å². The van der Waals surface area contributed by atoms with E-state index >= 15 is 0 Å². The molecule has 0 spiro atoms. The lowest BCUT2D eigenvalue weighted by Gasteiger charge is -2.30. The largest absolute Gasteiger partial charge is 0.479 e. The molecule has 1 fully saturated rings. The number of furan rings is 1. The van der Waals surface area contributed by atoms with Crippen molar-refractivity contribution in [2.45, 2.75) is 13.0 Å². The summed E-state index contributed by atoms with van der Waals surface area (Å²) >= 11 is 1.14. The zero-order valence-electron chi connectivity index (χ0n) is 13.4. The van der Waals surface area contributed by atoms with Crippen LogP contribution in [-0.4, -0.2) is 53.6 Å². The predicted molar refractivity (Wildman–Crippen MR) is 89.0 cm³/mol. The smallest absolute Gasteiger partial charge is 0.334 e. The maximum atomic E-state index is 12.7. The summed E-state index contributed by atoms with van der Waals surface area (Å²) < 4.78 is 10.2. The highest BCUT2D eigenvalue weighted by Crippen LogP contribution is 2.29. The zero-order chi connectivity index (χ0) is 18.0. The van der Waals surface area contributed by atoms with Gasteiger partial charge in [-0.2, -0.15) is 0 Å². The Labute approximate surface area is 147 Å². The molecule has 2 aromatic rings. The molecule has 1 unspecified atom stereocenters. The summed E-state index contributed by atoms with van der Waals surface area (Å²) in [5.74, 6) is -1.58. The maximum absolute atomic E-state index is 12.7. The third kappa shape index (κ3) is 3.72. The second-order valence-corrected chi connectivity index (χ2v) is 6.56. The van der Waals surface area contributed by atoms with Crippen molar-refractivity contribution in [3.05, 3.63) is 40.7 Å². The molecule has 3 heterocycles. The number of carbonyl (C=O) groups excluding carboxylic acids is 2. The molecule has 0 aliphatic carbocycles. The Bertz CT molecular complexity index is 798. The van der Waals surface area contributed by atoms with Gasteiger partial charge in [-0.15, -0.1) is 11.3 Å². The Morgan fingerprint density at radius 2 is 2.20 bits per heavy atom. The first-order valence-electron chi connectivity index (χ1n) is 7.54. The van der Waals surface area contributed by atoms with E-state index in [2.05, 4.69) is 5.32 Å². The Hall–Kier alpha value is -2.65. The molecule has 3 rings (SSSR count). The highest BCUT2D eigenvalue weighted by atomic mass is 32.1. The van der Waals surface area contributed by atoms with Crippen LogP contribution in [0.25, 0.3) is 0 Å². The summed E-state index contributed by atoms with van der Waals surface area (Å²) in [4.78, 5) is 37.6. The second-order valence-electron chi connectivity index (χ2n) is 5.50. The molecule has 0 aromatic carbocycles. The van der Waals surface area contributed by atoms with Crippen molar-refractivity contribution in [2.75, 3.05) is 25.0 Å². The Balaban J connectivity index is 1.72. The average Bonchev–Trinajstić information content (AvgIpc) is 3.24. The van der Waals surface area contributed by atoms with Crippen molar-refractivity contribution in [3.8, 4) is 0 Å². The van der Waals surface area contributed by atoms with Gasteiger partial charge in [-0.3, -0.25) is 9.59 Å². The van der Waals surface area contributed by atoms with Crippen LogP contribution in [0.5, 0.6) is 0 Å². The van der Waals surface area contributed by atoms with Crippen LogP contribution in [0.3, 0.4) is 0 Å². The third-order valence-electron chi connectivity index (χ3n) is 3.72. The number of nitrogens with zero attached hydrogens (tertiary/aromatic N) is 1. The van der Waals surface area contributed by atoms with Gasteiger partial charge in [0.25, 0.3) is 11.8 Å². The Kier molecular flexibility index (Phi) is 4.86. The van der Waals surface area contributed by atoms with Gasteiger partial charge in [0.1, 0.15) is 0 Å². The van der Waals surface area contributed by atoms with Crippen LogP contribution in [0.2, 0.25) is 0 Å². The van der Waals surface area contributed by atoms with Crippen molar-refractivity contribution in [1.82, 2.24) is 4.90 Å². The number of carboxylic acid groups (broad SMARTS) is 1. The molecule has 132 valence electrons. The van der Waals surface area contributed by atoms with Gasteiger partial charge in [0, 0.05) is 6.54 Å². The van der Waals surface area contributed by atoms with Gasteiger partial charge < -0.3 is 24.5 Å². The summed E-state index contributed by atoms with van der Waals surface area (Å²) in [7, 11) is 0. The fourth-order valence-corrected chi connectivity index (χ4v) is 3.50. The summed E-state index contributed by atoms with van der Waals surface area (Å²) in [6.45, 7) is 2.27. The lowest BCUT2D eigenvalue weighted by Crippen LogP contribution is -2.48. The van der Waals surface area contributed by atoms with Crippen molar-refractivity contribution in [1.29, 1.82) is 0 Å². The molecule has 25 heavy (non-hydrogen) atoms. The first-order chi connectivity index (χ1) is 12.0. The number of morpholine rings is 1. The first-order valence-corrected chi connectivity index (χ1v) is 8.36. The second kappa shape index (κ2) is 7.08. The van der Waals surface area contributed by atoms with Gasteiger partial charge in [-0.1, -0.05) is 0 Å². The van der Waals surface area contributed by atoms with E-state index in [4.69, 9.17) is 14.3 Å². The molecule has 2 N–H and O–H groups in total. The number of carboxylic acids is 1. The van der Waals surface area contributed by atoms with Gasteiger partial charge in [-0.05, 0) is 30.7 Å². The number of hydrogen-bond donors (Lipinski definition) is 2. The van der Waals surface area contributed by atoms with Crippen molar-refractivity contribution in [2.24, 2.45) is 0 Å². The highest BCUT2D eigenvalue weighted by Gasteiger charge is 2.30. The third-order valence-corrected chi connectivity index (χ3v) is 4.86. The molecule has 8 nitrogen and oxygen atoms in total. The fourth-order valence-electron chi connectivity index (χ4n) is 2.46. The molecular weight excluding hydrogens is 348 g/mol. The van der Waals surface area contributed by atoms with E-state index in [1.54, 1.807) is 25.1 Å². The molecule has 2 aromatic heterocycles. The number of carbonyl (C=O) groups is 3. The summed E-state index contributed by atoms with van der Waals surface area (Å²) in [5, 5.41) is 12.2. The van der Waals surface area contributed by atoms with Gasteiger partial charge in [0.05, 0.1) is 29.3 Å². The molecular formula is C16H16N2O6S. The fraction of sp³-hybridized carbons (Fsp3) is 0.312. The van der Waals surface area contributed by atoms with Crippen LogP contribution in [0, 0.1) is 6.92 Å². The van der Waals surface area contributed by atoms with Crippen molar-refractivity contribution in [3.63, 3.8) is 0 Å². The summed E-state index contributed by atoms with van der Waals surface area (Å²) in [6, 6.07) is 4.86. The number of nitrogens with one attached hydrogen (secondary N) is 1. The Morgan fingerprint density at radius 1 is 1.40 bits per heavy atom. The van der Waals surface area contributed by atoms with Gasteiger partial charge >= 0.3 is 5.97 Å². The number of hydrogen-bond acceptors (Lipinski definition) is 6. The van der Waals surface area contributed by atoms with E-state index in [-0.39, 0.29) is 24.8 Å². The Morgan fingerprint density at radius 3 is 2.88 bits per heavy atom. The van der Waals surface area contributed by atoms with Gasteiger partial charge in [-0.25, -0.2) is 4.79 Å². The summed E-state index contributed by atoms with van der Waals surface area (Å²) in [6.07, 6.45) is 0.386. The molecule has 2 amide bonds. The van der Waals surface area contributed by atoms with Gasteiger partial charge in [0.15, 0.2) is 11.9 Å². The first kappa shape index (κ1) is 17.2. The number of anilines is 1. The molecule has 1 aliphatic rings. The number of thiophene rings is 1. The predicted octanol–water partition coefficient (Wildman–Crippen LogP) is 1.83. The number of aryl methyl sites for hydroxylation is 1. The van der Waals surface area contributed by atoms with E-state index in [9.17, 15) is 14.4 Å². The summed E-state index contributed by atoms with van der Waals surface area (Å²) in [5.41, 5.74) is 0.711. The van der Waals surface area contributed by atoms with Crippen molar-refractivity contribution >= 4 is 34.1 Å². The SMILES string of the molecule is Cc1cc(NC(=O)c2ccco2)sc1C(=O)N1CCOC(C(=O)O)C1. The minimum atomic E-state index is -1.09. The number of aliphatic carboxylic acids is 1. The van der Waals surface area contributed by atoms with E-state index in [0.717, 1.165) is 11.3 Å². The average molecular weight is 364 g/mol. The van der Waals surface area contributed by atoms with E-state index in [1.165, 1.54) is 11.2 Å². The van der Waals surface area contributed by atoms with Crippen LogP contribution in [-0.2, 0) is 9.53 Å². The number of rotatable bonds is 4. The standard InChI is InChI=1S/C16H16N2O6S/c1-9-7-12(17-14(19)10-3-2-5-23-10)25-13(9)15(20)18-4-6-24-11(8-18)16(21)22/h2-3,5,7,11H,4,6,8H2,1H3,(H,17,19)(H,21,22). The van der Waals surface area contributed by atoms with Crippen LogP contribution in [0.4, 0.5) is 5.00 Å². The molecule has 0 radical (unpaired) electrons. The molecule has 0 saturated carbocycles. The van der Waals surface area contributed by atoms with Crippen LogP contribution < -0.4 is 5.32 Å². The van der Waals surface area contributed by atoms with E-state index in [0.29, 0.717) is 22.0 Å². The highest BCUT2D eigenvalue weighted by molar-refractivity contribution is 7.18. The molecule has 1 atom stereocenters. The monoisotopic (exact) mass is 364 g/mol. The van der Waals surface area contributed by atoms with Crippen molar-refractivity contribution < 1.29 is 28.6 Å². The molecule has 1 saturated heterocycles. The lowest BCUT2D eigenvalue weighted by molar-refractivity contribution is -0.154. The normalized spacial score (nSPS) is 17.3. The lowest BCUT2D eigenvalue weighted by atomic mass is 10.2. The minimum absolute atomic E-state index is 0.000402. The van der Waals surface area contributed by atoms with Crippen LogP contribution in [0.1, 0.15) is 25.8 Å². The van der Waals surface area contributed by atoms with Crippen LogP contribution >= 0.6 is 11.3 Å². The minimum Gasteiger partial charge on any atom is -0.479 e.